The highest BCUT2D eigenvalue weighted by atomic mass is 19.1. The molecule has 0 fully saturated rings. The van der Waals surface area contributed by atoms with Crippen molar-refractivity contribution in [2.45, 2.75) is 6.04 Å². The molecule has 0 saturated carbocycles. The number of carbonyl (C=O) groups is 1. The summed E-state index contributed by atoms with van der Waals surface area (Å²) in [5.74, 6) is -1.08. The fourth-order valence-corrected chi connectivity index (χ4v) is 2.64. The molecule has 0 aliphatic carbocycles. The number of phenolic OH excluding ortho intramolecular Hbond substituents is 1. The van der Waals surface area contributed by atoms with Gasteiger partial charge in [-0.2, -0.15) is 0 Å². The van der Waals surface area contributed by atoms with Gasteiger partial charge in [-0.1, -0.05) is 12.1 Å². The standard InChI is InChI=1S/C18H15FN4O4/c1-22-9-8-20-17(22)16(11-2-5-13(19)6-3-11)21-18(25)12-4-7-14(23(26)27)15(24)10-12/h2-10,16,24H,1H3,(H,21,25). The molecule has 138 valence electrons. The summed E-state index contributed by atoms with van der Waals surface area (Å²) in [5, 5.41) is 23.3. The van der Waals surface area contributed by atoms with Crippen LogP contribution in [0.4, 0.5) is 10.1 Å². The highest BCUT2D eigenvalue weighted by molar-refractivity contribution is 5.95. The number of nitro benzene ring substituents is 1. The average Bonchev–Trinajstić information content (AvgIpc) is 3.05. The van der Waals surface area contributed by atoms with Gasteiger partial charge < -0.3 is 15.0 Å². The number of nitro groups is 1. The van der Waals surface area contributed by atoms with Crippen LogP contribution in [0, 0.1) is 15.9 Å². The Hall–Kier alpha value is -3.75. The minimum Gasteiger partial charge on any atom is -0.502 e. The van der Waals surface area contributed by atoms with Crippen LogP contribution in [0.1, 0.15) is 27.8 Å². The number of aromatic hydroxyl groups is 1. The second-order valence-corrected chi connectivity index (χ2v) is 5.81. The number of hydrogen-bond donors (Lipinski definition) is 2. The second-order valence-electron chi connectivity index (χ2n) is 5.81. The largest absolute Gasteiger partial charge is 0.502 e. The number of benzene rings is 2. The quantitative estimate of drug-likeness (QED) is 0.530. The topological polar surface area (TPSA) is 110 Å². The number of amides is 1. The fourth-order valence-electron chi connectivity index (χ4n) is 2.64. The van der Waals surface area contributed by atoms with Gasteiger partial charge in [0.25, 0.3) is 5.91 Å². The number of carbonyl (C=O) groups excluding carboxylic acids is 1. The lowest BCUT2D eigenvalue weighted by Gasteiger charge is -2.19. The fraction of sp³-hybridized carbons (Fsp3) is 0.111. The van der Waals surface area contributed by atoms with Gasteiger partial charge >= 0.3 is 5.69 Å². The summed E-state index contributed by atoms with van der Waals surface area (Å²) in [6, 6.07) is 8.24. The monoisotopic (exact) mass is 370 g/mol. The van der Waals surface area contributed by atoms with Gasteiger partial charge in [-0.15, -0.1) is 0 Å². The van der Waals surface area contributed by atoms with E-state index in [0.717, 1.165) is 12.1 Å². The Morgan fingerprint density at radius 2 is 2.00 bits per heavy atom. The number of imidazole rings is 1. The number of hydrogen-bond acceptors (Lipinski definition) is 5. The molecule has 3 rings (SSSR count). The van der Waals surface area contributed by atoms with E-state index in [1.807, 2.05) is 0 Å². The van der Waals surface area contributed by atoms with E-state index in [0.29, 0.717) is 11.4 Å². The molecule has 8 nitrogen and oxygen atoms in total. The molecule has 1 unspecified atom stereocenters. The molecule has 0 saturated heterocycles. The lowest BCUT2D eigenvalue weighted by molar-refractivity contribution is -0.385. The maximum atomic E-state index is 13.3. The smallest absolute Gasteiger partial charge is 0.310 e. The summed E-state index contributed by atoms with van der Waals surface area (Å²) in [7, 11) is 1.75. The molecule has 0 spiro atoms. The van der Waals surface area contributed by atoms with E-state index in [2.05, 4.69) is 10.3 Å². The number of halogens is 1. The zero-order valence-electron chi connectivity index (χ0n) is 14.2. The van der Waals surface area contributed by atoms with Crippen molar-refractivity contribution >= 4 is 11.6 Å². The normalized spacial score (nSPS) is 11.8. The van der Waals surface area contributed by atoms with Gasteiger partial charge in [0.1, 0.15) is 17.7 Å². The number of phenols is 1. The summed E-state index contributed by atoms with van der Waals surface area (Å²) in [5.41, 5.74) is 0.148. The van der Waals surface area contributed by atoms with Gasteiger partial charge in [-0.3, -0.25) is 14.9 Å². The zero-order valence-corrected chi connectivity index (χ0v) is 14.2. The van der Waals surface area contributed by atoms with E-state index in [4.69, 9.17) is 0 Å². The molecule has 1 aromatic heterocycles. The van der Waals surface area contributed by atoms with Crippen LogP contribution in [0.5, 0.6) is 5.75 Å². The van der Waals surface area contributed by atoms with Gasteiger partial charge in [0.2, 0.25) is 0 Å². The Kier molecular flexibility index (Phi) is 4.84. The minimum absolute atomic E-state index is 0.0411. The molecule has 2 aromatic carbocycles. The maximum Gasteiger partial charge on any atom is 0.310 e. The lowest BCUT2D eigenvalue weighted by atomic mass is 10.0. The van der Waals surface area contributed by atoms with Crippen LogP contribution in [0.3, 0.4) is 0 Å². The molecule has 9 heteroatoms. The predicted octanol–water partition coefficient (Wildman–Crippen LogP) is 2.69. The first-order chi connectivity index (χ1) is 12.9. The van der Waals surface area contributed by atoms with E-state index in [9.17, 15) is 24.4 Å². The van der Waals surface area contributed by atoms with Gasteiger partial charge in [-0.05, 0) is 29.8 Å². The first-order valence-electron chi connectivity index (χ1n) is 7.88. The van der Waals surface area contributed by atoms with Crippen molar-refractivity contribution in [3.63, 3.8) is 0 Å². The van der Waals surface area contributed by atoms with Gasteiger partial charge in [0, 0.05) is 31.1 Å². The van der Waals surface area contributed by atoms with Crippen molar-refractivity contribution in [1.82, 2.24) is 14.9 Å². The van der Waals surface area contributed by atoms with Crippen LogP contribution in [0.25, 0.3) is 0 Å². The molecule has 0 aliphatic rings. The number of aromatic nitrogens is 2. The predicted molar refractivity (Wildman–Crippen MR) is 93.7 cm³/mol. The number of aryl methyl sites for hydroxylation is 1. The van der Waals surface area contributed by atoms with Crippen LogP contribution in [-0.2, 0) is 7.05 Å². The Morgan fingerprint density at radius 1 is 1.30 bits per heavy atom. The van der Waals surface area contributed by atoms with E-state index in [-0.39, 0.29) is 5.56 Å². The molecule has 1 amide bonds. The lowest BCUT2D eigenvalue weighted by Crippen LogP contribution is -2.31. The molecule has 0 radical (unpaired) electrons. The molecule has 1 atom stereocenters. The molecule has 0 bridgehead atoms. The van der Waals surface area contributed by atoms with Crippen LogP contribution in [0.15, 0.2) is 54.9 Å². The third kappa shape index (κ3) is 3.76. The van der Waals surface area contributed by atoms with Crippen LogP contribution >= 0.6 is 0 Å². The van der Waals surface area contributed by atoms with Gasteiger partial charge in [-0.25, -0.2) is 9.37 Å². The third-order valence-electron chi connectivity index (χ3n) is 4.03. The van der Waals surface area contributed by atoms with Crippen LogP contribution in [-0.4, -0.2) is 25.5 Å². The summed E-state index contributed by atoms with van der Waals surface area (Å²) in [6.45, 7) is 0. The Labute approximate surface area is 153 Å². The Morgan fingerprint density at radius 3 is 2.56 bits per heavy atom. The molecule has 27 heavy (non-hydrogen) atoms. The molecule has 2 N–H and O–H groups in total. The van der Waals surface area contributed by atoms with E-state index >= 15 is 0 Å². The minimum atomic E-state index is -0.744. The van der Waals surface area contributed by atoms with Crippen LogP contribution in [0.2, 0.25) is 0 Å². The molecular weight excluding hydrogens is 355 g/mol. The highest BCUT2D eigenvalue weighted by Gasteiger charge is 2.23. The third-order valence-corrected chi connectivity index (χ3v) is 4.03. The van der Waals surface area contributed by atoms with Crippen molar-refractivity contribution < 1.29 is 19.2 Å². The Balaban J connectivity index is 1.93. The van der Waals surface area contributed by atoms with E-state index in [1.54, 1.807) is 24.0 Å². The molecular formula is C18H15FN4O4. The number of rotatable bonds is 5. The second kappa shape index (κ2) is 7.24. The number of nitrogens with one attached hydrogen (secondary N) is 1. The van der Waals surface area contributed by atoms with Gasteiger partial charge in [0.15, 0.2) is 5.75 Å². The summed E-state index contributed by atoms with van der Waals surface area (Å²) in [4.78, 5) is 26.9. The van der Waals surface area contributed by atoms with Crippen molar-refractivity contribution in [1.29, 1.82) is 0 Å². The van der Waals surface area contributed by atoms with Crippen LogP contribution < -0.4 is 5.32 Å². The Bertz CT molecular complexity index is 1000. The summed E-state index contributed by atoms with van der Waals surface area (Å²) >= 11 is 0. The summed E-state index contributed by atoms with van der Waals surface area (Å²) < 4.78 is 15.0. The maximum absolute atomic E-state index is 13.3. The first kappa shape index (κ1) is 18.1. The highest BCUT2D eigenvalue weighted by Crippen LogP contribution is 2.27. The van der Waals surface area contributed by atoms with Gasteiger partial charge in [0.05, 0.1) is 4.92 Å². The van der Waals surface area contributed by atoms with Crippen molar-refractivity contribution in [2.75, 3.05) is 0 Å². The molecule has 1 heterocycles. The van der Waals surface area contributed by atoms with Crippen molar-refractivity contribution in [3.8, 4) is 5.75 Å². The van der Waals surface area contributed by atoms with Crippen molar-refractivity contribution in [2.24, 2.45) is 7.05 Å². The average molecular weight is 370 g/mol. The van der Waals surface area contributed by atoms with Crippen molar-refractivity contribution in [3.05, 3.63) is 87.7 Å². The first-order valence-corrected chi connectivity index (χ1v) is 7.88. The van der Waals surface area contributed by atoms with E-state index < -0.39 is 34.1 Å². The SMILES string of the molecule is Cn1ccnc1C(NC(=O)c1ccc([N+](=O)[O-])c(O)c1)c1ccc(F)cc1. The zero-order chi connectivity index (χ0) is 19.6. The van der Waals surface area contributed by atoms with E-state index in [1.165, 1.54) is 30.3 Å². The molecule has 0 aliphatic heterocycles. The molecule has 3 aromatic rings. The number of nitrogens with zero attached hydrogens (tertiary/aromatic N) is 3. The summed E-state index contributed by atoms with van der Waals surface area (Å²) in [6.07, 6.45) is 3.27.